The molecule has 1 aromatic carbocycles. The highest BCUT2D eigenvalue weighted by atomic mass is 14.1. The molecule has 0 atom stereocenters. The molecule has 0 aliphatic heterocycles. The summed E-state index contributed by atoms with van der Waals surface area (Å²) >= 11 is 0. The summed E-state index contributed by atoms with van der Waals surface area (Å²) in [5, 5.41) is 0. The molecule has 0 spiro atoms. The van der Waals surface area contributed by atoms with Crippen molar-refractivity contribution in [2.24, 2.45) is 0 Å². The van der Waals surface area contributed by atoms with Gasteiger partial charge in [-0.05, 0) is 61.1 Å². The molecule has 0 N–H and O–H groups in total. The molecule has 0 unspecified atom stereocenters. The number of hydrogen-bond donors (Lipinski definition) is 0. The summed E-state index contributed by atoms with van der Waals surface area (Å²) in [6.07, 6.45) is 8.62. The summed E-state index contributed by atoms with van der Waals surface area (Å²) in [6, 6.07) is 4.45. The molecule has 0 bridgehead atoms. The van der Waals surface area contributed by atoms with E-state index in [1.54, 1.807) is 0 Å². The highest BCUT2D eigenvalue weighted by molar-refractivity contribution is 5.79. The Balaban J connectivity index is 2.76. The van der Waals surface area contributed by atoms with Crippen molar-refractivity contribution in [2.75, 3.05) is 0 Å². The highest BCUT2D eigenvalue weighted by Gasteiger charge is 2.09. The first-order valence-corrected chi connectivity index (χ1v) is 5.74. The summed E-state index contributed by atoms with van der Waals surface area (Å²) in [6.45, 7) is 8.74. The largest absolute Gasteiger partial charge is 0.0620 e. The molecule has 0 fully saturated rings. The number of rotatable bonds is 0. The van der Waals surface area contributed by atoms with Crippen molar-refractivity contribution < 1.29 is 0 Å². The Morgan fingerprint density at radius 2 is 1.50 bits per heavy atom. The summed E-state index contributed by atoms with van der Waals surface area (Å²) in [4.78, 5) is 0. The van der Waals surface area contributed by atoms with Gasteiger partial charge in [-0.3, -0.25) is 0 Å². The van der Waals surface area contributed by atoms with E-state index in [2.05, 4.69) is 64.1 Å². The molecule has 0 nitrogen and oxygen atoms in total. The van der Waals surface area contributed by atoms with Gasteiger partial charge in [-0.2, -0.15) is 0 Å². The maximum Gasteiger partial charge on any atom is -0.0149 e. The first-order valence-electron chi connectivity index (χ1n) is 5.74. The Bertz CT molecular complexity index is 511. The lowest BCUT2D eigenvalue weighted by Gasteiger charge is -2.15. The topological polar surface area (TPSA) is 0 Å². The molecule has 0 aromatic heterocycles. The quantitative estimate of drug-likeness (QED) is 0.583. The SMILES string of the molecule is C/C1=C(\C)c2ccc(C)c(C)c2C=CC=C1. The molecule has 1 aliphatic rings. The van der Waals surface area contributed by atoms with E-state index in [9.17, 15) is 0 Å². The smallest absolute Gasteiger partial charge is 0.0149 e. The fraction of sp³-hybridized carbons (Fsp3) is 0.250. The summed E-state index contributed by atoms with van der Waals surface area (Å²) < 4.78 is 0. The van der Waals surface area contributed by atoms with E-state index in [-0.39, 0.29) is 0 Å². The van der Waals surface area contributed by atoms with E-state index in [1.165, 1.54) is 33.4 Å². The van der Waals surface area contributed by atoms with Gasteiger partial charge < -0.3 is 0 Å². The normalized spacial score (nSPS) is 19.2. The van der Waals surface area contributed by atoms with Crippen LogP contribution in [0.4, 0.5) is 0 Å². The molecule has 1 aromatic rings. The van der Waals surface area contributed by atoms with Crippen LogP contribution < -0.4 is 0 Å². The average molecular weight is 210 g/mol. The van der Waals surface area contributed by atoms with Gasteiger partial charge in [-0.25, -0.2) is 0 Å². The third-order valence-electron chi connectivity index (χ3n) is 3.50. The number of allylic oxidation sites excluding steroid dienone is 5. The van der Waals surface area contributed by atoms with Crippen LogP contribution in [0.2, 0.25) is 0 Å². The van der Waals surface area contributed by atoms with Gasteiger partial charge >= 0.3 is 0 Å². The van der Waals surface area contributed by atoms with Crippen LogP contribution in [0.5, 0.6) is 0 Å². The van der Waals surface area contributed by atoms with Crippen LogP contribution in [0.25, 0.3) is 11.6 Å². The van der Waals surface area contributed by atoms with Gasteiger partial charge in [-0.1, -0.05) is 36.4 Å². The zero-order chi connectivity index (χ0) is 11.7. The summed E-state index contributed by atoms with van der Waals surface area (Å²) in [7, 11) is 0. The predicted octanol–water partition coefficient (Wildman–Crippen LogP) is 4.68. The number of fused-ring (bicyclic) bond motifs is 1. The van der Waals surface area contributed by atoms with Crippen molar-refractivity contribution in [1.82, 2.24) is 0 Å². The lowest BCUT2D eigenvalue weighted by Crippen LogP contribution is -1.95. The van der Waals surface area contributed by atoms with Crippen LogP contribution in [0.3, 0.4) is 0 Å². The minimum absolute atomic E-state index is 1.34. The fourth-order valence-electron chi connectivity index (χ4n) is 2.07. The lowest BCUT2D eigenvalue weighted by atomic mass is 9.90. The van der Waals surface area contributed by atoms with E-state index < -0.39 is 0 Å². The molecular formula is C16H18. The van der Waals surface area contributed by atoms with Crippen molar-refractivity contribution >= 4 is 11.6 Å². The second-order valence-electron chi connectivity index (χ2n) is 4.49. The van der Waals surface area contributed by atoms with Crippen molar-refractivity contribution in [3.8, 4) is 0 Å². The zero-order valence-electron chi connectivity index (χ0n) is 10.5. The van der Waals surface area contributed by atoms with E-state index >= 15 is 0 Å². The summed E-state index contributed by atoms with van der Waals surface area (Å²) in [5.74, 6) is 0. The highest BCUT2D eigenvalue weighted by Crippen LogP contribution is 2.29. The molecule has 0 saturated heterocycles. The Morgan fingerprint density at radius 1 is 0.812 bits per heavy atom. The standard InChI is InChI=1S/C16H18/c1-11-7-5-6-8-15-14(4)12(2)9-10-16(15)13(11)3/h5-10H,1-4H3/b6-5?,7-5?,8-6?,11-7?,13-11-,15-8?,16-13?. The maximum atomic E-state index is 2.24. The number of hydrogen-bond acceptors (Lipinski definition) is 0. The average Bonchev–Trinajstić information content (AvgIpc) is 2.27. The monoisotopic (exact) mass is 210 g/mol. The molecular weight excluding hydrogens is 192 g/mol. The van der Waals surface area contributed by atoms with E-state index in [0.717, 1.165) is 0 Å². The molecule has 0 saturated carbocycles. The predicted molar refractivity (Wildman–Crippen MR) is 72.4 cm³/mol. The lowest BCUT2D eigenvalue weighted by molar-refractivity contribution is 1.30. The Kier molecular flexibility index (Phi) is 2.82. The van der Waals surface area contributed by atoms with E-state index in [4.69, 9.17) is 0 Å². The Labute approximate surface area is 98.0 Å². The Morgan fingerprint density at radius 3 is 2.25 bits per heavy atom. The third-order valence-corrected chi connectivity index (χ3v) is 3.50. The third kappa shape index (κ3) is 1.76. The van der Waals surface area contributed by atoms with Crippen molar-refractivity contribution in [3.63, 3.8) is 0 Å². The minimum Gasteiger partial charge on any atom is -0.0620 e. The Hall–Kier alpha value is -1.56. The van der Waals surface area contributed by atoms with Crippen molar-refractivity contribution in [1.29, 1.82) is 0 Å². The van der Waals surface area contributed by atoms with Gasteiger partial charge in [0.2, 0.25) is 0 Å². The maximum absolute atomic E-state index is 2.24. The number of aryl methyl sites for hydroxylation is 1. The van der Waals surface area contributed by atoms with Crippen LogP contribution in [0.15, 0.2) is 35.9 Å². The first kappa shape index (κ1) is 10.9. The molecule has 0 amide bonds. The van der Waals surface area contributed by atoms with E-state index in [0.29, 0.717) is 0 Å². The molecule has 0 radical (unpaired) electrons. The van der Waals surface area contributed by atoms with E-state index in [1.807, 2.05) is 0 Å². The van der Waals surface area contributed by atoms with Crippen LogP contribution >= 0.6 is 0 Å². The number of benzene rings is 1. The fourth-order valence-corrected chi connectivity index (χ4v) is 2.07. The van der Waals surface area contributed by atoms with Gasteiger partial charge in [0.1, 0.15) is 0 Å². The first-order chi connectivity index (χ1) is 7.61. The second-order valence-corrected chi connectivity index (χ2v) is 4.49. The van der Waals surface area contributed by atoms with Crippen LogP contribution in [0, 0.1) is 13.8 Å². The van der Waals surface area contributed by atoms with Crippen LogP contribution in [0.1, 0.15) is 36.1 Å². The van der Waals surface area contributed by atoms with Crippen molar-refractivity contribution in [3.05, 3.63) is 58.2 Å². The molecule has 0 heteroatoms. The van der Waals surface area contributed by atoms with Gasteiger partial charge in [0.25, 0.3) is 0 Å². The second kappa shape index (κ2) is 4.13. The van der Waals surface area contributed by atoms with Gasteiger partial charge in [0.05, 0.1) is 0 Å². The summed E-state index contributed by atoms with van der Waals surface area (Å²) in [5.41, 5.74) is 8.18. The minimum atomic E-state index is 1.34. The van der Waals surface area contributed by atoms with Gasteiger partial charge in [0, 0.05) is 0 Å². The molecule has 82 valence electrons. The van der Waals surface area contributed by atoms with Gasteiger partial charge in [0.15, 0.2) is 0 Å². The molecule has 1 aliphatic carbocycles. The zero-order valence-corrected chi connectivity index (χ0v) is 10.5. The van der Waals surface area contributed by atoms with Crippen molar-refractivity contribution in [2.45, 2.75) is 27.7 Å². The van der Waals surface area contributed by atoms with Crippen LogP contribution in [-0.4, -0.2) is 0 Å². The molecule has 2 rings (SSSR count). The van der Waals surface area contributed by atoms with Crippen LogP contribution in [-0.2, 0) is 0 Å². The molecule has 16 heavy (non-hydrogen) atoms. The van der Waals surface area contributed by atoms with Gasteiger partial charge in [-0.15, -0.1) is 0 Å². The molecule has 0 heterocycles.